The summed E-state index contributed by atoms with van der Waals surface area (Å²) in [7, 11) is 0. The molecule has 1 rings (SSSR count). The summed E-state index contributed by atoms with van der Waals surface area (Å²) < 4.78 is 0. The second kappa shape index (κ2) is 7.48. The van der Waals surface area contributed by atoms with Crippen LogP contribution in [0, 0.1) is 11.8 Å². The quantitative estimate of drug-likeness (QED) is 0.659. The lowest BCUT2D eigenvalue weighted by Crippen LogP contribution is -2.27. The predicted octanol–water partition coefficient (Wildman–Crippen LogP) is 0.0872. The van der Waals surface area contributed by atoms with Crippen LogP contribution in [0.3, 0.4) is 0 Å². The lowest BCUT2D eigenvalue weighted by atomic mass is 10.3. The van der Waals surface area contributed by atoms with Gasteiger partial charge in [-0.25, -0.2) is 0 Å². The number of aliphatic hydroxyl groups excluding tert-OH is 1. The SMILES string of the molecule is NC(=O)CCNC(=O)c1ccc(C#CCCO)s1. The molecule has 1 aromatic rings. The van der Waals surface area contributed by atoms with Gasteiger partial charge in [0.15, 0.2) is 0 Å². The van der Waals surface area contributed by atoms with Crippen LogP contribution in [0.1, 0.15) is 27.4 Å². The first-order valence-electron chi connectivity index (χ1n) is 5.39. The standard InChI is InChI=1S/C12H14N2O3S/c13-11(16)6-7-14-12(17)10-5-4-9(18-10)3-1-2-8-15/h4-5,15H,2,6-8H2,(H2,13,16)(H,14,17). The van der Waals surface area contributed by atoms with E-state index in [9.17, 15) is 9.59 Å². The molecule has 4 N–H and O–H groups in total. The molecule has 0 bridgehead atoms. The minimum Gasteiger partial charge on any atom is -0.395 e. The average molecular weight is 266 g/mol. The van der Waals surface area contributed by atoms with Gasteiger partial charge < -0.3 is 16.2 Å². The van der Waals surface area contributed by atoms with Gasteiger partial charge in [0.05, 0.1) is 16.4 Å². The van der Waals surface area contributed by atoms with E-state index < -0.39 is 5.91 Å². The second-order valence-corrected chi connectivity index (χ2v) is 4.50. The van der Waals surface area contributed by atoms with Crippen LogP contribution in [-0.4, -0.2) is 30.1 Å². The number of carbonyl (C=O) groups is 2. The Labute approximate surface area is 109 Å². The number of primary amides is 1. The number of hydrogen-bond acceptors (Lipinski definition) is 4. The summed E-state index contributed by atoms with van der Waals surface area (Å²) in [5, 5.41) is 11.2. The van der Waals surface area contributed by atoms with Gasteiger partial charge in [0.2, 0.25) is 5.91 Å². The molecule has 5 nitrogen and oxygen atoms in total. The Balaban J connectivity index is 2.50. The van der Waals surface area contributed by atoms with Crippen molar-refractivity contribution in [3.63, 3.8) is 0 Å². The molecular weight excluding hydrogens is 252 g/mol. The minimum absolute atomic E-state index is 0.0266. The van der Waals surface area contributed by atoms with Crippen molar-refractivity contribution in [2.75, 3.05) is 13.2 Å². The largest absolute Gasteiger partial charge is 0.395 e. The summed E-state index contributed by atoms with van der Waals surface area (Å²) >= 11 is 1.27. The average Bonchev–Trinajstić information content (AvgIpc) is 2.77. The summed E-state index contributed by atoms with van der Waals surface area (Å²) in [6, 6.07) is 3.42. The van der Waals surface area contributed by atoms with Crippen molar-refractivity contribution in [2.24, 2.45) is 5.73 Å². The van der Waals surface area contributed by atoms with Gasteiger partial charge in [-0.05, 0) is 12.1 Å². The highest BCUT2D eigenvalue weighted by atomic mass is 32.1. The monoisotopic (exact) mass is 266 g/mol. The molecule has 0 spiro atoms. The van der Waals surface area contributed by atoms with E-state index in [2.05, 4.69) is 17.2 Å². The first kappa shape index (κ1) is 14.2. The first-order valence-corrected chi connectivity index (χ1v) is 6.21. The Morgan fingerprint density at radius 2 is 2.22 bits per heavy atom. The van der Waals surface area contributed by atoms with Gasteiger partial charge in [-0.3, -0.25) is 9.59 Å². The van der Waals surface area contributed by atoms with Crippen LogP contribution in [0.2, 0.25) is 0 Å². The van der Waals surface area contributed by atoms with Gasteiger partial charge in [0.25, 0.3) is 5.91 Å². The van der Waals surface area contributed by atoms with Gasteiger partial charge >= 0.3 is 0 Å². The molecule has 0 aliphatic carbocycles. The Bertz CT molecular complexity index is 485. The number of hydrogen-bond donors (Lipinski definition) is 3. The Morgan fingerprint density at radius 1 is 1.44 bits per heavy atom. The summed E-state index contributed by atoms with van der Waals surface area (Å²) in [6.07, 6.45) is 0.540. The second-order valence-electron chi connectivity index (χ2n) is 3.41. The summed E-state index contributed by atoms with van der Waals surface area (Å²) in [5.41, 5.74) is 4.96. The van der Waals surface area contributed by atoms with Crippen LogP contribution >= 0.6 is 11.3 Å². The van der Waals surface area contributed by atoms with Crippen LogP contribution in [0.25, 0.3) is 0 Å². The molecule has 0 aliphatic rings. The summed E-state index contributed by atoms with van der Waals surface area (Å²) in [5.74, 6) is 4.94. The van der Waals surface area contributed by atoms with Crippen LogP contribution in [0.15, 0.2) is 12.1 Å². The third-order valence-corrected chi connectivity index (χ3v) is 2.93. The minimum atomic E-state index is -0.447. The zero-order chi connectivity index (χ0) is 13.4. The van der Waals surface area contributed by atoms with Crippen molar-refractivity contribution in [1.82, 2.24) is 5.32 Å². The van der Waals surface area contributed by atoms with Crippen molar-refractivity contribution in [3.8, 4) is 11.8 Å². The van der Waals surface area contributed by atoms with Gasteiger partial charge in [-0.1, -0.05) is 11.8 Å². The van der Waals surface area contributed by atoms with Gasteiger partial charge in [-0.2, -0.15) is 0 Å². The maximum atomic E-state index is 11.6. The van der Waals surface area contributed by atoms with Crippen molar-refractivity contribution in [1.29, 1.82) is 0 Å². The topological polar surface area (TPSA) is 92.4 Å². The smallest absolute Gasteiger partial charge is 0.261 e. The van der Waals surface area contributed by atoms with E-state index in [0.29, 0.717) is 11.3 Å². The van der Waals surface area contributed by atoms with Crippen molar-refractivity contribution < 1.29 is 14.7 Å². The van der Waals surface area contributed by atoms with Crippen LogP contribution < -0.4 is 11.1 Å². The Morgan fingerprint density at radius 3 is 2.89 bits per heavy atom. The Kier molecular flexibility index (Phi) is 5.91. The molecule has 0 unspecified atom stereocenters. The van der Waals surface area contributed by atoms with Crippen molar-refractivity contribution in [2.45, 2.75) is 12.8 Å². The third kappa shape index (κ3) is 4.99. The lowest BCUT2D eigenvalue weighted by Gasteiger charge is -2.00. The van der Waals surface area contributed by atoms with Crippen LogP contribution in [-0.2, 0) is 4.79 Å². The number of aliphatic hydroxyl groups is 1. The molecule has 96 valence electrons. The number of carbonyl (C=O) groups excluding carboxylic acids is 2. The van der Waals surface area contributed by atoms with E-state index in [1.165, 1.54) is 11.3 Å². The third-order valence-electron chi connectivity index (χ3n) is 1.94. The highest BCUT2D eigenvalue weighted by molar-refractivity contribution is 7.14. The van der Waals surface area contributed by atoms with E-state index in [1.807, 2.05) is 0 Å². The summed E-state index contributed by atoms with van der Waals surface area (Å²) in [4.78, 5) is 23.4. The first-order chi connectivity index (χ1) is 8.63. The number of nitrogens with two attached hydrogens (primary N) is 1. The molecule has 1 aromatic heterocycles. The van der Waals surface area contributed by atoms with E-state index in [1.54, 1.807) is 12.1 Å². The molecule has 0 fully saturated rings. The maximum Gasteiger partial charge on any atom is 0.261 e. The summed E-state index contributed by atoms with van der Waals surface area (Å²) in [6.45, 7) is 0.260. The van der Waals surface area contributed by atoms with E-state index in [-0.39, 0.29) is 25.5 Å². The Hall–Kier alpha value is -1.84. The van der Waals surface area contributed by atoms with Gasteiger partial charge in [0.1, 0.15) is 0 Å². The van der Waals surface area contributed by atoms with E-state index in [0.717, 1.165) is 4.88 Å². The number of thiophene rings is 1. The maximum absolute atomic E-state index is 11.6. The molecule has 2 amide bonds. The number of rotatable bonds is 5. The number of nitrogens with one attached hydrogen (secondary N) is 1. The van der Waals surface area contributed by atoms with E-state index in [4.69, 9.17) is 10.8 Å². The molecular formula is C12H14N2O3S. The van der Waals surface area contributed by atoms with E-state index >= 15 is 0 Å². The normalized spacial score (nSPS) is 9.39. The highest BCUT2D eigenvalue weighted by Gasteiger charge is 2.08. The lowest BCUT2D eigenvalue weighted by molar-refractivity contribution is -0.117. The van der Waals surface area contributed by atoms with Gasteiger partial charge in [0, 0.05) is 19.4 Å². The molecule has 0 aromatic carbocycles. The van der Waals surface area contributed by atoms with Gasteiger partial charge in [-0.15, -0.1) is 11.3 Å². The zero-order valence-electron chi connectivity index (χ0n) is 9.73. The molecule has 6 heteroatoms. The molecule has 0 radical (unpaired) electrons. The number of amides is 2. The van der Waals surface area contributed by atoms with Crippen LogP contribution in [0.4, 0.5) is 0 Å². The molecule has 0 saturated carbocycles. The highest BCUT2D eigenvalue weighted by Crippen LogP contribution is 2.15. The molecule has 0 atom stereocenters. The molecule has 18 heavy (non-hydrogen) atoms. The fraction of sp³-hybridized carbons (Fsp3) is 0.333. The van der Waals surface area contributed by atoms with Crippen molar-refractivity contribution >= 4 is 23.2 Å². The fourth-order valence-electron chi connectivity index (χ4n) is 1.12. The zero-order valence-corrected chi connectivity index (χ0v) is 10.5. The molecule has 1 heterocycles. The van der Waals surface area contributed by atoms with Crippen LogP contribution in [0.5, 0.6) is 0 Å². The molecule has 0 aliphatic heterocycles. The predicted molar refractivity (Wildman–Crippen MR) is 69.0 cm³/mol. The fourth-order valence-corrected chi connectivity index (χ4v) is 1.92. The molecule has 0 saturated heterocycles. The van der Waals surface area contributed by atoms with Crippen molar-refractivity contribution in [3.05, 3.63) is 21.9 Å².